The number of ether oxygens (including phenoxy) is 1. The van der Waals surface area contributed by atoms with Gasteiger partial charge in [0.05, 0.1) is 6.10 Å². The second-order valence-electron chi connectivity index (χ2n) is 7.05. The summed E-state index contributed by atoms with van der Waals surface area (Å²) in [6, 6.07) is 8.48. The molecule has 2 fully saturated rings. The van der Waals surface area contributed by atoms with Gasteiger partial charge in [0.25, 0.3) is 0 Å². The van der Waals surface area contributed by atoms with Crippen LogP contribution in [0.1, 0.15) is 51.0 Å². The molecule has 3 heteroatoms. The van der Waals surface area contributed by atoms with Gasteiger partial charge in [-0.15, -0.1) is 0 Å². The molecule has 0 N–H and O–H groups in total. The Kier molecular flexibility index (Phi) is 3.92. The van der Waals surface area contributed by atoms with Crippen molar-refractivity contribution in [3.63, 3.8) is 0 Å². The number of benzene rings is 1. The molecule has 21 heavy (non-hydrogen) atoms. The van der Waals surface area contributed by atoms with E-state index in [2.05, 4.69) is 38.1 Å². The Balaban J connectivity index is 1.54. The van der Waals surface area contributed by atoms with Crippen LogP contribution in [-0.2, 0) is 4.79 Å². The fourth-order valence-electron chi connectivity index (χ4n) is 3.67. The number of hydrogen-bond donors (Lipinski definition) is 0. The standard InChI is InChI=1S/C18H25NO2/c1-14(2)15-4-3-5-17(10-15)21-16-6-8-18(9-7-16)11-19(12-18)13-20/h3-5,10,13-14,16H,6-9,11-12H2,1-2H3. The third kappa shape index (κ3) is 3.07. The summed E-state index contributed by atoms with van der Waals surface area (Å²) >= 11 is 0. The van der Waals surface area contributed by atoms with Crippen molar-refractivity contribution < 1.29 is 9.53 Å². The number of nitrogens with zero attached hydrogens (tertiary/aromatic N) is 1. The third-order valence-electron chi connectivity index (χ3n) is 5.05. The SMILES string of the molecule is CC(C)c1cccc(OC2CCC3(CC2)CN(C=O)C3)c1. The highest BCUT2D eigenvalue weighted by molar-refractivity contribution is 5.49. The van der Waals surface area contributed by atoms with Gasteiger partial charge in [-0.1, -0.05) is 26.0 Å². The van der Waals surface area contributed by atoms with Gasteiger partial charge in [-0.3, -0.25) is 4.79 Å². The summed E-state index contributed by atoms with van der Waals surface area (Å²) in [6.07, 6.45) is 5.91. The van der Waals surface area contributed by atoms with Crippen LogP contribution in [-0.4, -0.2) is 30.5 Å². The van der Waals surface area contributed by atoms with Crippen molar-refractivity contribution in [2.45, 2.75) is 51.6 Å². The van der Waals surface area contributed by atoms with E-state index >= 15 is 0 Å². The Morgan fingerprint density at radius 1 is 1.29 bits per heavy atom. The number of amides is 1. The second kappa shape index (κ2) is 5.70. The molecule has 1 saturated heterocycles. The van der Waals surface area contributed by atoms with Crippen LogP contribution in [0, 0.1) is 5.41 Å². The van der Waals surface area contributed by atoms with Crippen LogP contribution in [0.25, 0.3) is 0 Å². The number of carbonyl (C=O) groups is 1. The van der Waals surface area contributed by atoms with Crippen molar-refractivity contribution in [1.29, 1.82) is 0 Å². The molecule has 1 saturated carbocycles. The predicted octanol–water partition coefficient (Wildman–Crippen LogP) is 3.59. The maximum atomic E-state index is 10.7. The summed E-state index contributed by atoms with van der Waals surface area (Å²) in [5.41, 5.74) is 1.74. The van der Waals surface area contributed by atoms with Gasteiger partial charge in [0.1, 0.15) is 5.75 Å². The minimum absolute atomic E-state index is 0.336. The van der Waals surface area contributed by atoms with Crippen LogP contribution in [0.15, 0.2) is 24.3 Å². The Morgan fingerprint density at radius 2 is 2.00 bits per heavy atom. The second-order valence-corrected chi connectivity index (χ2v) is 7.05. The minimum Gasteiger partial charge on any atom is -0.490 e. The molecule has 0 aromatic heterocycles. The molecule has 3 rings (SSSR count). The highest BCUT2D eigenvalue weighted by Gasteiger charge is 2.45. The van der Waals surface area contributed by atoms with E-state index in [9.17, 15) is 4.79 Å². The maximum absolute atomic E-state index is 10.7. The maximum Gasteiger partial charge on any atom is 0.209 e. The van der Waals surface area contributed by atoms with Crippen LogP contribution in [0.4, 0.5) is 0 Å². The smallest absolute Gasteiger partial charge is 0.209 e. The normalized spacial score (nSPS) is 21.4. The highest BCUT2D eigenvalue weighted by Crippen LogP contribution is 2.44. The molecule has 1 aliphatic carbocycles. The molecule has 1 aromatic carbocycles. The summed E-state index contributed by atoms with van der Waals surface area (Å²) in [5, 5.41) is 0. The van der Waals surface area contributed by atoms with Gasteiger partial charge in [-0.05, 0) is 49.3 Å². The van der Waals surface area contributed by atoms with Crippen molar-refractivity contribution in [2.24, 2.45) is 5.41 Å². The quantitative estimate of drug-likeness (QED) is 0.792. The van der Waals surface area contributed by atoms with Gasteiger partial charge >= 0.3 is 0 Å². The first-order valence-corrected chi connectivity index (χ1v) is 8.06. The van der Waals surface area contributed by atoms with Crippen LogP contribution in [0.5, 0.6) is 5.75 Å². The average molecular weight is 287 g/mol. The first kappa shape index (κ1) is 14.4. The lowest BCUT2D eigenvalue weighted by Gasteiger charge is -2.52. The lowest BCUT2D eigenvalue weighted by molar-refractivity contribution is -0.132. The predicted molar refractivity (Wildman–Crippen MR) is 83.5 cm³/mol. The zero-order chi connectivity index (χ0) is 14.9. The van der Waals surface area contributed by atoms with Crippen molar-refractivity contribution in [1.82, 2.24) is 4.90 Å². The molecular weight excluding hydrogens is 262 g/mol. The van der Waals surface area contributed by atoms with Crippen LogP contribution in [0.3, 0.4) is 0 Å². The summed E-state index contributed by atoms with van der Waals surface area (Å²) < 4.78 is 6.18. The van der Waals surface area contributed by atoms with E-state index < -0.39 is 0 Å². The molecule has 0 radical (unpaired) electrons. The fourth-order valence-corrected chi connectivity index (χ4v) is 3.67. The molecule has 1 amide bonds. The monoisotopic (exact) mass is 287 g/mol. The Bertz CT molecular complexity index is 496. The lowest BCUT2D eigenvalue weighted by Crippen LogP contribution is -2.57. The number of rotatable bonds is 4. The molecule has 1 aromatic rings. The Morgan fingerprint density at radius 3 is 2.62 bits per heavy atom. The van der Waals surface area contributed by atoms with E-state index in [4.69, 9.17) is 4.74 Å². The van der Waals surface area contributed by atoms with Crippen molar-refractivity contribution in [3.05, 3.63) is 29.8 Å². The van der Waals surface area contributed by atoms with Gasteiger partial charge in [0.15, 0.2) is 0 Å². The molecule has 0 bridgehead atoms. The van der Waals surface area contributed by atoms with E-state index in [1.165, 1.54) is 18.4 Å². The van der Waals surface area contributed by atoms with Gasteiger partial charge in [0.2, 0.25) is 6.41 Å². The van der Waals surface area contributed by atoms with Gasteiger partial charge < -0.3 is 9.64 Å². The lowest BCUT2D eigenvalue weighted by atomic mass is 9.68. The molecule has 3 nitrogen and oxygen atoms in total. The number of likely N-dealkylation sites (tertiary alicyclic amines) is 1. The molecular formula is C18H25NO2. The van der Waals surface area contributed by atoms with E-state index in [-0.39, 0.29) is 0 Å². The van der Waals surface area contributed by atoms with Gasteiger partial charge in [-0.25, -0.2) is 0 Å². The molecule has 1 spiro atoms. The number of carbonyl (C=O) groups excluding carboxylic acids is 1. The third-order valence-corrected chi connectivity index (χ3v) is 5.05. The molecule has 1 heterocycles. The van der Waals surface area contributed by atoms with Crippen LogP contribution < -0.4 is 4.74 Å². The van der Waals surface area contributed by atoms with Gasteiger partial charge in [-0.2, -0.15) is 0 Å². The average Bonchev–Trinajstić information content (AvgIpc) is 2.46. The van der Waals surface area contributed by atoms with E-state index in [0.717, 1.165) is 38.1 Å². The molecule has 0 atom stereocenters. The summed E-state index contributed by atoms with van der Waals surface area (Å²) in [6.45, 7) is 6.32. The first-order chi connectivity index (χ1) is 10.1. The number of hydrogen-bond acceptors (Lipinski definition) is 2. The van der Waals surface area contributed by atoms with Crippen molar-refractivity contribution >= 4 is 6.41 Å². The molecule has 2 aliphatic rings. The summed E-state index contributed by atoms with van der Waals surface area (Å²) in [7, 11) is 0. The van der Waals surface area contributed by atoms with Crippen molar-refractivity contribution in [3.8, 4) is 5.75 Å². The van der Waals surface area contributed by atoms with Gasteiger partial charge in [0, 0.05) is 18.5 Å². The van der Waals surface area contributed by atoms with E-state index in [0.29, 0.717) is 17.4 Å². The first-order valence-electron chi connectivity index (χ1n) is 8.06. The molecule has 114 valence electrons. The zero-order valence-corrected chi connectivity index (χ0v) is 13.0. The van der Waals surface area contributed by atoms with Crippen molar-refractivity contribution in [2.75, 3.05) is 13.1 Å². The van der Waals surface area contributed by atoms with Crippen LogP contribution >= 0.6 is 0 Å². The highest BCUT2D eigenvalue weighted by atomic mass is 16.5. The Hall–Kier alpha value is -1.51. The zero-order valence-electron chi connectivity index (χ0n) is 13.0. The minimum atomic E-state index is 0.336. The molecule has 1 aliphatic heterocycles. The van der Waals surface area contributed by atoms with Crippen LogP contribution in [0.2, 0.25) is 0 Å². The van der Waals surface area contributed by atoms with E-state index in [1.54, 1.807) is 0 Å². The summed E-state index contributed by atoms with van der Waals surface area (Å²) in [4.78, 5) is 12.6. The van der Waals surface area contributed by atoms with E-state index in [1.807, 2.05) is 4.90 Å². The fraction of sp³-hybridized carbons (Fsp3) is 0.611. The Labute approximate surface area is 127 Å². The topological polar surface area (TPSA) is 29.5 Å². The molecule has 0 unspecified atom stereocenters. The largest absolute Gasteiger partial charge is 0.490 e. The summed E-state index contributed by atoms with van der Waals surface area (Å²) in [5.74, 6) is 1.54.